The van der Waals surface area contributed by atoms with E-state index >= 15 is 0 Å². The minimum Gasteiger partial charge on any atom is -0.245 e. The zero-order valence-corrected chi connectivity index (χ0v) is 34.7. The number of hydrogen-bond donors (Lipinski definition) is 0. The third-order valence-corrected chi connectivity index (χ3v) is 12.8. The van der Waals surface area contributed by atoms with Gasteiger partial charge in [-0.15, -0.1) is 11.3 Å². The molecule has 0 bridgehead atoms. The molecule has 0 aliphatic rings. The lowest BCUT2D eigenvalue weighted by Gasteiger charge is -2.13. The largest absolute Gasteiger partial charge is 0.245 e. The van der Waals surface area contributed by atoms with Crippen LogP contribution in [0.3, 0.4) is 0 Å². The van der Waals surface area contributed by atoms with Crippen LogP contribution in [0.25, 0.3) is 121 Å². The average Bonchev–Trinajstić information content (AvgIpc) is 3.76. The van der Waals surface area contributed by atoms with Crippen LogP contribution in [-0.4, -0.2) is 24.9 Å². The molecule has 12 rings (SSSR count). The van der Waals surface area contributed by atoms with Crippen LogP contribution in [0.2, 0.25) is 0 Å². The lowest BCUT2D eigenvalue weighted by atomic mass is 9.92. The number of nitrogens with zero attached hydrogens (tertiary/aromatic N) is 5. The van der Waals surface area contributed by atoms with E-state index in [4.69, 9.17) is 24.9 Å². The van der Waals surface area contributed by atoms with Crippen molar-refractivity contribution in [2.75, 3.05) is 0 Å². The number of thiophene rings is 1. The number of benzene rings is 8. The highest BCUT2D eigenvalue weighted by Gasteiger charge is 2.17. The van der Waals surface area contributed by atoms with Gasteiger partial charge in [0.2, 0.25) is 0 Å². The molecule has 0 N–H and O–H groups in total. The smallest absolute Gasteiger partial charge is 0.164 e. The SMILES string of the molecule is c1ccc(-c2ccc3ccc4ccc(-c5cc(-c6ccc(-c7nc(-c8ccccc8)nc(-c8ccccc8)n7)cc6)cc(-c6cccc7sc8ccccc8c67)c5)nc4c3n2)cc1. The maximum Gasteiger partial charge on any atom is 0.164 e. The van der Waals surface area contributed by atoms with Gasteiger partial charge >= 0.3 is 0 Å². The Hall–Kier alpha value is -8.19. The van der Waals surface area contributed by atoms with E-state index in [-0.39, 0.29) is 0 Å². The van der Waals surface area contributed by atoms with Crippen LogP contribution in [0.5, 0.6) is 0 Å². The standard InChI is InChI=1S/C57H35N5S/c1-4-13-37(14-5-1)48-31-29-38-25-26-39-30-32-49(59-54(39)53(38)58-48)45-34-43(33-44(35-45)46-20-12-22-51-52(46)47-19-10-11-21-50(47)63-51)36-23-27-42(28-24-36)57-61-55(40-15-6-2-7-16-40)60-56(62-57)41-17-8-3-9-18-41/h1-35H. The summed E-state index contributed by atoms with van der Waals surface area (Å²) in [5.41, 5.74) is 13.0. The Morgan fingerprint density at radius 2 is 0.746 bits per heavy atom. The molecule has 0 saturated heterocycles. The average molecular weight is 822 g/mol. The van der Waals surface area contributed by atoms with Crippen molar-refractivity contribution in [3.05, 3.63) is 212 Å². The minimum atomic E-state index is 0.622. The molecule has 0 spiro atoms. The van der Waals surface area contributed by atoms with Crippen LogP contribution in [0, 0.1) is 0 Å². The first kappa shape index (κ1) is 36.6. The molecule has 4 aromatic heterocycles. The predicted molar refractivity (Wildman–Crippen MR) is 261 cm³/mol. The fraction of sp³-hybridized carbons (Fsp3) is 0. The molecule has 0 aliphatic carbocycles. The van der Waals surface area contributed by atoms with Gasteiger partial charge in [-0.25, -0.2) is 24.9 Å². The van der Waals surface area contributed by atoms with Gasteiger partial charge in [0.15, 0.2) is 17.5 Å². The summed E-state index contributed by atoms with van der Waals surface area (Å²) < 4.78 is 2.55. The van der Waals surface area contributed by atoms with Crippen molar-refractivity contribution >= 4 is 53.3 Å². The van der Waals surface area contributed by atoms with Crippen LogP contribution in [0.4, 0.5) is 0 Å². The zero-order chi connectivity index (χ0) is 41.7. The first-order valence-corrected chi connectivity index (χ1v) is 21.8. The molecule has 0 unspecified atom stereocenters. The Kier molecular flexibility index (Phi) is 8.94. The number of fused-ring (bicyclic) bond motifs is 6. The molecule has 4 heterocycles. The van der Waals surface area contributed by atoms with E-state index in [2.05, 4.69) is 146 Å². The molecule has 12 aromatic rings. The van der Waals surface area contributed by atoms with Gasteiger partial charge in [0.1, 0.15) is 0 Å². The highest BCUT2D eigenvalue weighted by molar-refractivity contribution is 7.25. The first-order valence-electron chi connectivity index (χ1n) is 21.0. The summed E-state index contributed by atoms with van der Waals surface area (Å²) in [4.78, 5) is 25.5. The van der Waals surface area contributed by atoms with Gasteiger partial charge in [0.05, 0.1) is 22.4 Å². The van der Waals surface area contributed by atoms with Crippen LogP contribution in [-0.2, 0) is 0 Å². The summed E-state index contributed by atoms with van der Waals surface area (Å²) in [6, 6.07) is 74.1. The van der Waals surface area contributed by atoms with Crippen LogP contribution < -0.4 is 0 Å². The van der Waals surface area contributed by atoms with E-state index in [1.807, 2.05) is 78.1 Å². The summed E-state index contributed by atoms with van der Waals surface area (Å²) in [6.45, 7) is 0. The highest BCUT2D eigenvalue weighted by Crippen LogP contribution is 2.42. The lowest BCUT2D eigenvalue weighted by Crippen LogP contribution is -2.00. The van der Waals surface area contributed by atoms with Crippen molar-refractivity contribution in [1.29, 1.82) is 0 Å². The maximum absolute atomic E-state index is 5.42. The Morgan fingerprint density at radius 1 is 0.286 bits per heavy atom. The van der Waals surface area contributed by atoms with Crippen LogP contribution in [0.1, 0.15) is 0 Å². The molecule has 294 valence electrons. The van der Waals surface area contributed by atoms with Gasteiger partial charge < -0.3 is 0 Å². The Bertz CT molecular complexity index is 3600. The van der Waals surface area contributed by atoms with Gasteiger partial charge in [-0.3, -0.25) is 0 Å². The molecule has 0 saturated carbocycles. The minimum absolute atomic E-state index is 0.622. The summed E-state index contributed by atoms with van der Waals surface area (Å²) in [5, 5.41) is 4.64. The molecular weight excluding hydrogens is 787 g/mol. The topological polar surface area (TPSA) is 64.5 Å². The molecule has 0 fully saturated rings. The Labute approximate surface area is 367 Å². The van der Waals surface area contributed by atoms with Crippen molar-refractivity contribution < 1.29 is 0 Å². The molecule has 5 nitrogen and oxygen atoms in total. The normalized spacial score (nSPS) is 11.5. The lowest BCUT2D eigenvalue weighted by molar-refractivity contribution is 1.07. The molecule has 6 heteroatoms. The first-order chi connectivity index (χ1) is 31.2. The van der Waals surface area contributed by atoms with Gasteiger partial charge in [0.25, 0.3) is 0 Å². The van der Waals surface area contributed by atoms with E-state index < -0.39 is 0 Å². The van der Waals surface area contributed by atoms with Crippen molar-refractivity contribution in [2.45, 2.75) is 0 Å². The fourth-order valence-corrected chi connectivity index (χ4v) is 9.69. The van der Waals surface area contributed by atoms with E-state index in [0.717, 1.165) is 77.7 Å². The van der Waals surface area contributed by atoms with Gasteiger partial charge in [0, 0.05) is 58.8 Å². The number of aromatic nitrogens is 5. The monoisotopic (exact) mass is 821 g/mol. The van der Waals surface area contributed by atoms with Gasteiger partial charge in [-0.2, -0.15) is 0 Å². The van der Waals surface area contributed by atoms with Gasteiger partial charge in [-0.1, -0.05) is 170 Å². The summed E-state index contributed by atoms with van der Waals surface area (Å²) in [7, 11) is 0. The number of rotatable bonds is 7. The molecule has 0 radical (unpaired) electrons. The van der Waals surface area contributed by atoms with E-state index in [1.54, 1.807) is 0 Å². The van der Waals surface area contributed by atoms with E-state index in [9.17, 15) is 0 Å². The summed E-state index contributed by atoms with van der Waals surface area (Å²) in [5.74, 6) is 1.90. The van der Waals surface area contributed by atoms with Crippen LogP contribution in [0.15, 0.2) is 212 Å². The third kappa shape index (κ3) is 6.79. The zero-order valence-electron chi connectivity index (χ0n) is 33.9. The summed E-state index contributed by atoms with van der Waals surface area (Å²) >= 11 is 1.84. The highest BCUT2D eigenvalue weighted by atomic mass is 32.1. The third-order valence-electron chi connectivity index (χ3n) is 11.7. The Balaban J connectivity index is 1.02. The number of hydrogen-bond acceptors (Lipinski definition) is 6. The second kappa shape index (κ2) is 15.4. The van der Waals surface area contributed by atoms with Crippen molar-refractivity contribution in [2.24, 2.45) is 0 Å². The number of pyridine rings is 2. The quantitative estimate of drug-likeness (QED) is 0.150. The molecule has 8 aromatic carbocycles. The van der Waals surface area contributed by atoms with E-state index in [1.165, 1.54) is 25.7 Å². The van der Waals surface area contributed by atoms with E-state index in [0.29, 0.717) is 17.5 Å². The van der Waals surface area contributed by atoms with Crippen molar-refractivity contribution in [3.63, 3.8) is 0 Å². The van der Waals surface area contributed by atoms with Crippen molar-refractivity contribution in [1.82, 2.24) is 24.9 Å². The predicted octanol–water partition coefficient (Wildman–Crippen LogP) is 15.0. The maximum atomic E-state index is 5.42. The summed E-state index contributed by atoms with van der Waals surface area (Å²) in [6.07, 6.45) is 0. The molecule has 0 amide bonds. The molecule has 0 aliphatic heterocycles. The molecule has 0 atom stereocenters. The van der Waals surface area contributed by atoms with Crippen molar-refractivity contribution in [3.8, 4) is 78.9 Å². The Morgan fingerprint density at radius 3 is 1.37 bits per heavy atom. The second-order valence-electron chi connectivity index (χ2n) is 15.7. The second-order valence-corrected chi connectivity index (χ2v) is 16.7. The molecule has 63 heavy (non-hydrogen) atoms. The molecular formula is C57H35N5S. The van der Waals surface area contributed by atoms with Crippen LogP contribution >= 0.6 is 11.3 Å². The fourth-order valence-electron chi connectivity index (χ4n) is 8.56. The van der Waals surface area contributed by atoms with Gasteiger partial charge in [-0.05, 0) is 64.7 Å².